The van der Waals surface area contributed by atoms with Gasteiger partial charge in [0.05, 0.1) is 10.2 Å². The highest BCUT2D eigenvalue weighted by Gasteiger charge is 2.12. The van der Waals surface area contributed by atoms with E-state index in [9.17, 15) is 0 Å². The summed E-state index contributed by atoms with van der Waals surface area (Å²) in [6, 6.07) is 17.7. The van der Waals surface area contributed by atoms with Crippen LogP contribution in [0.25, 0.3) is 11.3 Å². The van der Waals surface area contributed by atoms with Crippen LogP contribution in [0.4, 0.5) is 5.95 Å². The SMILES string of the molecule is Nc1nccc(-c2cccc(Br)c2OCc2ccccc2)n1. The fourth-order valence-electron chi connectivity index (χ4n) is 2.11. The molecule has 0 aliphatic heterocycles. The van der Waals surface area contributed by atoms with Gasteiger partial charge in [0.2, 0.25) is 5.95 Å². The number of hydrogen-bond donors (Lipinski definition) is 1. The molecule has 1 aromatic heterocycles. The summed E-state index contributed by atoms with van der Waals surface area (Å²) in [6.07, 6.45) is 1.64. The van der Waals surface area contributed by atoms with Crippen LogP contribution in [0.15, 0.2) is 65.3 Å². The van der Waals surface area contributed by atoms with E-state index >= 15 is 0 Å². The first-order valence-electron chi connectivity index (χ1n) is 6.78. The fourth-order valence-corrected chi connectivity index (χ4v) is 2.59. The second-order valence-electron chi connectivity index (χ2n) is 4.69. The van der Waals surface area contributed by atoms with Gasteiger partial charge in [-0.25, -0.2) is 9.97 Å². The van der Waals surface area contributed by atoms with E-state index in [2.05, 4.69) is 25.9 Å². The number of benzene rings is 2. The van der Waals surface area contributed by atoms with Gasteiger partial charge in [-0.3, -0.25) is 0 Å². The maximum absolute atomic E-state index is 6.00. The zero-order chi connectivity index (χ0) is 15.4. The van der Waals surface area contributed by atoms with E-state index in [1.807, 2.05) is 54.6 Å². The monoisotopic (exact) mass is 355 g/mol. The lowest BCUT2D eigenvalue weighted by Crippen LogP contribution is -2.00. The standard InChI is InChI=1S/C17H14BrN3O/c18-14-8-4-7-13(15-9-10-20-17(19)21-15)16(14)22-11-12-5-2-1-3-6-12/h1-10H,11H2,(H2,19,20,21). The minimum atomic E-state index is 0.242. The molecule has 0 aliphatic carbocycles. The molecule has 3 rings (SSSR count). The maximum Gasteiger partial charge on any atom is 0.220 e. The molecule has 0 atom stereocenters. The van der Waals surface area contributed by atoms with Gasteiger partial charge < -0.3 is 10.5 Å². The Morgan fingerprint density at radius 3 is 2.59 bits per heavy atom. The molecule has 0 saturated carbocycles. The van der Waals surface area contributed by atoms with Crippen molar-refractivity contribution in [3.8, 4) is 17.0 Å². The maximum atomic E-state index is 6.00. The van der Waals surface area contributed by atoms with Crippen molar-refractivity contribution in [2.75, 3.05) is 5.73 Å². The Labute approximate surface area is 137 Å². The van der Waals surface area contributed by atoms with Crippen LogP contribution in [0, 0.1) is 0 Å². The number of anilines is 1. The zero-order valence-corrected chi connectivity index (χ0v) is 13.3. The number of nitrogens with zero attached hydrogens (tertiary/aromatic N) is 2. The average molecular weight is 356 g/mol. The minimum absolute atomic E-state index is 0.242. The Morgan fingerprint density at radius 2 is 1.82 bits per heavy atom. The minimum Gasteiger partial charge on any atom is -0.487 e. The summed E-state index contributed by atoms with van der Waals surface area (Å²) in [5, 5.41) is 0. The molecule has 5 heteroatoms. The van der Waals surface area contributed by atoms with Crippen molar-refractivity contribution in [2.45, 2.75) is 6.61 Å². The lowest BCUT2D eigenvalue weighted by molar-refractivity contribution is 0.305. The van der Waals surface area contributed by atoms with Crippen molar-refractivity contribution in [1.29, 1.82) is 0 Å². The third kappa shape index (κ3) is 3.26. The Kier molecular flexibility index (Phi) is 4.34. The first kappa shape index (κ1) is 14.5. The van der Waals surface area contributed by atoms with Crippen LogP contribution in [0.3, 0.4) is 0 Å². The van der Waals surface area contributed by atoms with E-state index in [1.54, 1.807) is 6.20 Å². The van der Waals surface area contributed by atoms with Crippen LogP contribution in [0.2, 0.25) is 0 Å². The Hall–Kier alpha value is -2.40. The smallest absolute Gasteiger partial charge is 0.220 e. The molecule has 2 aromatic carbocycles. The van der Waals surface area contributed by atoms with Gasteiger partial charge in [0, 0.05) is 11.8 Å². The van der Waals surface area contributed by atoms with E-state index < -0.39 is 0 Å². The molecule has 22 heavy (non-hydrogen) atoms. The van der Waals surface area contributed by atoms with E-state index in [4.69, 9.17) is 10.5 Å². The molecular weight excluding hydrogens is 342 g/mol. The summed E-state index contributed by atoms with van der Waals surface area (Å²) in [4.78, 5) is 8.19. The second-order valence-corrected chi connectivity index (χ2v) is 5.55. The van der Waals surface area contributed by atoms with Gasteiger partial charge in [-0.2, -0.15) is 0 Å². The summed E-state index contributed by atoms with van der Waals surface area (Å²) in [6.45, 7) is 0.483. The number of hydrogen-bond acceptors (Lipinski definition) is 4. The largest absolute Gasteiger partial charge is 0.487 e. The Bertz CT molecular complexity index is 778. The highest BCUT2D eigenvalue weighted by molar-refractivity contribution is 9.10. The molecule has 0 bridgehead atoms. The third-order valence-corrected chi connectivity index (χ3v) is 3.77. The lowest BCUT2D eigenvalue weighted by atomic mass is 10.1. The van der Waals surface area contributed by atoms with Crippen LogP contribution < -0.4 is 10.5 Å². The molecule has 0 radical (unpaired) electrons. The van der Waals surface area contributed by atoms with Crippen molar-refractivity contribution in [2.24, 2.45) is 0 Å². The summed E-state index contributed by atoms with van der Waals surface area (Å²) >= 11 is 3.54. The fraction of sp³-hybridized carbons (Fsp3) is 0.0588. The van der Waals surface area contributed by atoms with Gasteiger partial charge >= 0.3 is 0 Å². The molecule has 2 N–H and O–H groups in total. The molecular formula is C17H14BrN3O. The molecule has 0 fully saturated rings. The molecule has 0 unspecified atom stereocenters. The van der Waals surface area contributed by atoms with Crippen LogP contribution in [-0.4, -0.2) is 9.97 Å². The van der Waals surface area contributed by atoms with E-state index in [-0.39, 0.29) is 5.95 Å². The predicted octanol–water partition coefficient (Wildman–Crippen LogP) is 4.07. The number of ether oxygens (including phenoxy) is 1. The highest BCUT2D eigenvalue weighted by Crippen LogP contribution is 2.36. The van der Waals surface area contributed by atoms with Crippen LogP contribution >= 0.6 is 15.9 Å². The van der Waals surface area contributed by atoms with Crippen molar-refractivity contribution in [3.63, 3.8) is 0 Å². The Balaban J connectivity index is 1.93. The molecule has 4 nitrogen and oxygen atoms in total. The zero-order valence-electron chi connectivity index (χ0n) is 11.7. The van der Waals surface area contributed by atoms with Crippen molar-refractivity contribution >= 4 is 21.9 Å². The summed E-state index contributed by atoms with van der Waals surface area (Å²) < 4.78 is 6.87. The Morgan fingerprint density at radius 1 is 1.00 bits per heavy atom. The van der Waals surface area contributed by atoms with Gasteiger partial charge in [-0.05, 0) is 39.7 Å². The summed E-state index contributed by atoms with van der Waals surface area (Å²) in [5.74, 6) is 0.982. The number of para-hydroxylation sites is 1. The predicted molar refractivity (Wildman–Crippen MR) is 90.4 cm³/mol. The lowest BCUT2D eigenvalue weighted by Gasteiger charge is -2.13. The van der Waals surface area contributed by atoms with Crippen LogP contribution in [0.1, 0.15) is 5.56 Å². The molecule has 110 valence electrons. The summed E-state index contributed by atoms with van der Waals surface area (Å²) in [7, 11) is 0. The molecule has 0 amide bonds. The average Bonchev–Trinajstić information content (AvgIpc) is 2.54. The number of halogens is 1. The molecule has 0 spiro atoms. The first-order chi connectivity index (χ1) is 10.7. The quantitative estimate of drug-likeness (QED) is 0.766. The van der Waals surface area contributed by atoms with Crippen molar-refractivity contribution in [3.05, 3.63) is 70.8 Å². The molecule has 3 aromatic rings. The normalized spacial score (nSPS) is 10.4. The van der Waals surface area contributed by atoms with Gasteiger partial charge in [-0.1, -0.05) is 36.4 Å². The first-order valence-corrected chi connectivity index (χ1v) is 7.57. The van der Waals surface area contributed by atoms with Crippen LogP contribution in [-0.2, 0) is 6.61 Å². The van der Waals surface area contributed by atoms with Crippen LogP contribution in [0.5, 0.6) is 5.75 Å². The highest BCUT2D eigenvalue weighted by atomic mass is 79.9. The number of nitrogen functional groups attached to an aromatic ring is 1. The number of rotatable bonds is 4. The van der Waals surface area contributed by atoms with Gasteiger partial charge in [0.15, 0.2) is 0 Å². The third-order valence-electron chi connectivity index (χ3n) is 3.14. The number of aromatic nitrogens is 2. The van der Waals surface area contributed by atoms with E-state index in [0.29, 0.717) is 6.61 Å². The number of nitrogens with two attached hydrogens (primary N) is 1. The molecule has 0 aliphatic rings. The van der Waals surface area contributed by atoms with E-state index in [0.717, 1.165) is 27.0 Å². The van der Waals surface area contributed by atoms with Gasteiger partial charge in [0.25, 0.3) is 0 Å². The van der Waals surface area contributed by atoms with Gasteiger partial charge in [-0.15, -0.1) is 0 Å². The van der Waals surface area contributed by atoms with Crippen molar-refractivity contribution in [1.82, 2.24) is 9.97 Å². The van der Waals surface area contributed by atoms with Gasteiger partial charge in [0.1, 0.15) is 12.4 Å². The molecule has 1 heterocycles. The topological polar surface area (TPSA) is 61.0 Å². The molecule has 0 saturated heterocycles. The second kappa shape index (κ2) is 6.58. The summed E-state index contributed by atoms with van der Waals surface area (Å²) in [5.41, 5.74) is 8.39. The van der Waals surface area contributed by atoms with Crippen molar-refractivity contribution < 1.29 is 4.74 Å². The van der Waals surface area contributed by atoms with E-state index in [1.165, 1.54) is 0 Å².